The number of rotatable bonds is 5. The van der Waals surface area contributed by atoms with Crippen LogP contribution in [0, 0.1) is 23.6 Å². The van der Waals surface area contributed by atoms with E-state index in [0.29, 0.717) is 12.8 Å². The number of ether oxygens (including phenoxy) is 2. The van der Waals surface area contributed by atoms with Gasteiger partial charge in [-0.15, -0.1) is 0 Å². The highest BCUT2D eigenvalue weighted by Gasteiger charge is 2.41. The first-order valence-electron chi connectivity index (χ1n) is 8.56. The minimum Gasteiger partial charge on any atom is -0.494 e. The maximum atomic E-state index is 13.7. The summed E-state index contributed by atoms with van der Waals surface area (Å²) in [5, 5.41) is 0. The van der Waals surface area contributed by atoms with Crippen molar-refractivity contribution < 1.29 is 28.2 Å². The SMILES string of the molecule is COc1ccc(C(=O)COC(=O)C2C[C@H]3CCC[C@H](C2)C3=O)cc1F. The van der Waals surface area contributed by atoms with E-state index in [2.05, 4.69) is 0 Å². The fraction of sp³-hybridized carbons (Fsp3) is 0.526. The molecule has 1 aromatic carbocycles. The zero-order chi connectivity index (χ0) is 18.0. The van der Waals surface area contributed by atoms with Gasteiger partial charge < -0.3 is 9.47 Å². The van der Waals surface area contributed by atoms with Crippen molar-refractivity contribution >= 4 is 17.5 Å². The number of carbonyl (C=O) groups is 3. The summed E-state index contributed by atoms with van der Waals surface area (Å²) in [5.74, 6) is -1.64. The average molecular weight is 348 g/mol. The first kappa shape index (κ1) is 17.6. The molecule has 2 aliphatic carbocycles. The van der Waals surface area contributed by atoms with E-state index in [1.54, 1.807) is 0 Å². The summed E-state index contributed by atoms with van der Waals surface area (Å²) in [6, 6.07) is 3.86. The molecule has 0 heterocycles. The van der Waals surface area contributed by atoms with Gasteiger partial charge in [0.05, 0.1) is 13.0 Å². The fourth-order valence-corrected chi connectivity index (χ4v) is 3.85. The molecule has 2 fully saturated rings. The number of carbonyl (C=O) groups excluding carboxylic acids is 3. The van der Waals surface area contributed by atoms with Crippen LogP contribution < -0.4 is 4.74 Å². The summed E-state index contributed by atoms with van der Waals surface area (Å²) in [6.07, 6.45) is 3.73. The molecule has 3 rings (SSSR count). The molecule has 0 N–H and O–H groups in total. The minimum absolute atomic E-state index is 0.0450. The maximum Gasteiger partial charge on any atom is 0.309 e. The van der Waals surface area contributed by atoms with Gasteiger partial charge in [0.15, 0.2) is 24.0 Å². The Hall–Kier alpha value is -2.24. The monoisotopic (exact) mass is 348 g/mol. The lowest BCUT2D eigenvalue weighted by Crippen LogP contribution is -2.39. The predicted octanol–water partition coefficient (Wildman–Crippen LogP) is 2.96. The van der Waals surface area contributed by atoms with Crippen LogP contribution in [0.3, 0.4) is 0 Å². The Morgan fingerprint density at radius 2 is 1.88 bits per heavy atom. The van der Waals surface area contributed by atoms with Crippen molar-refractivity contribution in [2.45, 2.75) is 32.1 Å². The Morgan fingerprint density at radius 1 is 1.20 bits per heavy atom. The molecule has 5 nitrogen and oxygen atoms in total. The lowest BCUT2D eigenvalue weighted by Gasteiger charge is -2.36. The second-order valence-electron chi connectivity index (χ2n) is 6.78. The van der Waals surface area contributed by atoms with Crippen molar-refractivity contribution in [1.82, 2.24) is 0 Å². The Balaban J connectivity index is 1.56. The van der Waals surface area contributed by atoms with Crippen LogP contribution in [-0.2, 0) is 14.3 Å². The van der Waals surface area contributed by atoms with Crippen LogP contribution in [0.4, 0.5) is 4.39 Å². The van der Waals surface area contributed by atoms with Gasteiger partial charge >= 0.3 is 5.97 Å². The molecule has 0 spiro atoms. The van der Waals surface area contributed by atoms with E-state index in [9.17, 15) is 18.8 Å². The van der Waals surface area contributed by atoms with Crippen LogP contribution in [0.25, 0.3) is 0 Å². The third kappa shape index (κ3) is 3.72. The number of ketones is 2. The number of Topliss-reactive ketones (excluding diaryl/α,β-unsaturated/α-hetero) is 2. The quantitative estimate of drug-likeness (QED) is 0.604. The molecule has 25 heavy (non-hydrogen) atoms. The van der Waals surface area contributed by atoms with Crippen LogP contribution in [0.5, 0.6) is 5.75 Å². The number of hydrogen-bond donors (Lipinski definition) is 0. The molecule has 2 saturated carbocycles. The van der Waals surface area contributed by atoms with E-state index in [1.165, 1.54) is 19.2 Å². The van der Waals surface area contributed by atoms with Gasteiger partial charge in [-0.25, -0.2) is 4.39 Å². The van der Waals surface area contributed by atoms with Gasteiger partial charge in [0, 0.05) is 17.4 Å². The third-order valence-corrected chi connectivity index (χ3v) is 5.20. The molecule has 0 saturated heterocycles. The first-order chi connectivity index (χ1) is 12.0. The molecular weight excluding hydrogens is 327 g/mol. The van der Waals surface area contributed by atoms with Crippen LogP contribution in [0.1, 0.15) is 42.5 Å². The van der Waals surface area contributed by atoms with E-state index in [0.717, 1.165) is 25.3 Å². The summed E-state index contributed by atoms with van der Waals surface area (Å²) in [5.41, 5.74) is 0.127. The van der Waals surface area contributed by atoms with Gasteiger partial charge in [0.1, 0.15) is 5.78 Å². The van der Waals surface area contributed by atoms with Crippen LogP contribution in [-0.4, -0.2) is 31.3 Å². The van der Waals surface area contributed by atoms with Gasteiger partial charge in [-0.05, 0) is 43.9 Å². The fourth-order valence-electron chi connectivity index (χ4n) is 3.85. The van der Waals surface area contributed by atoms with Gasteiger partial charge in [-0.3, -0.25) is 14.4 Å². The Bertz CT molecular complexity index is 683. The topological polar surface area (TPSA) is 69.7 Å². The molecule has 2 bridgehead atoms. The molecule has 1 aromatic rings. The standard InChI is InChI=1S/C19H21FO5/c1-24-17-6-5-11(9-15(17)20)16(21)10-25-19(23)14-7-12-3-2-4-13(8-14)18(12)22/h5-6,9,12-14H,2-4,7-8,10H2,1H3/t12-,13-/m1/s1. The summed E-state index contributed by atoms with van der Waals surface area (Å²) in [6.45, 7) is -0.426. The van der Waals surface area contributed by atoms with E-state index in [1.807, 2.05) is 0 Å². The highest BCUT2D eigenvalue weighted by atomic mass is 19.1. The maximum absolute atomic E-state index is 13.7. The molecule has 2 atom stereocenters. The number of halogens is 1. The van der Waals surface area contributed by atoms with Gasteiger partial charge in [-0.1, -0.05) is 6.42 Å². The number of hydrogen-bond acceptors (Lipinski definition) is 5. The largest absolute Gasteiger partial charge is 0.494 e. The van der Waals surface area contributed by atoms with E-state index < -0.39 is 24.2 Å². The summed E-state index contributed by atoms with van der Waals surface area (Å²) < 4.78 is 23.6. The average Bonchev–Trinajstić information content (AvgIpc) is 2.59. The van der Waals surface area contributed by atoms with E-state index in [-0.39, 0.29) is 34.8 Å². The van der Waals surface area contributed by atoms with Crippen molar-refractivity contribution in [3.05, 3.63) is 29.6 Å². The Morgan fingerprint density at radius 3 is 2.48 bits per heavy atom. The van der Waals surface area contributed by atoms with Crippen molar-refractivity contribution in [3.63, 3.8) is 0 Å². The second-order valence-corrected chi connectivity index (χ2v) is 6.78. The van der Waals surface area contributed by atoms with Crippen LogP contribution in [0.2, 0.25) is 0 Å². The van der Waals surface area contributed by atoms with Crippen molar-refractivity contribution in [2.24, 2.45) is 17.8 Å². The number of fused-ring (bicyclic) bond motifs is 2. The second kappa shape index (κ2) is 7.33. The highest BCUT2D eigenvalue weighted by Crippen LogP contribution is 2.40. The first-order valence-corrected chi connectivity index (χ1v) is 8.56. The highest BCUT2D eigenvalue weighted by molar-refractivity contribution is 5.98. The zero-order valence-corrected chi connectivity index (χ0v) is 14.1. The summed E-state index contributed by atoms with van der Waals surface area (Å²) in [4.78, 5) is 36.4. The molecular formula is C19H21FO5. The third-order valence-electron chi connectivity index (χ3n) is 5.20. The van der Waals surface area contributed by atoms with Crippen molar-refractivity contribution in [3.8, 4) is 5.75 Å². The van der Waals surface area contributed by atoms with Gasteiger partial charge in [-0.2, -0.15) is 0 Å². The zero-order valence-electron chi connectivity index (χ0n) is 14.1. The molecule has 6 heteroatoms. The van der Waals surface area contributed by atoms with E-state index >= 15 is 0 Å². The lowest BCUT2D eigenvalue weighted by atomic mass is 9.67. The number of methoxy groups -OCH3 is 1. The molecule has 0 aliphatic heterocycles. The molecule has 0 radical (unpaired) electrons. The van der Waals surface area contributed by atoms with E-state index in [4.69, 9.17) is 9.47 Å². The minimum atomic E-state index is -0.640. The van der Waals surface area contributed by atoms with Crippen molar-refractivity contribution in [1.29, 1.82) is 0 Å². The molecule has 0 aromatic heterocycles. The lowest BCUT2D eigenvalue weighted by molar-refractivity contribution is -0.152. The number of esters is 1. The predicted molar refractivity (Wildman–Crippen MR) is 86.8 cm³/mol. The smallest absolute Gasteiger partial charge is 0.309 e. The Labute approximate surface area is 145 Å². The van der Waals surface area contributed by atoms with Crippen LogP contribution >= 0.6 is 0 Å². The van der Waals surface area contributed by atoms with Crippen molar-refractivity contribution in [2.75, 3.05) is 13.7 Å². The van der Waals surface area contributed by atoms with Crippen LogP contribution in [0.15, 0.2) is 18.2 Å². The summed E-state index contributed by atoms with van der Waals surface area (Å²) >= 11 is 0. The summed E-state index contributed by atoms with van der Waals surface area (Å²) in [7, 11) is 1.34. The number of benzene rings is 1. The molecule has 134 valence electrons. The molecule has 0 unspecified atom stereocenters. The Kier molecular flexibility index (Phi) is 5.16. The normalized spacial score (nSPS) is 25.4. The van der Waals surface area contributed by atoms with Gasteiger partial charge in [0.2, 0.25) is 0 Å². The molecule has 2 aliphatic rings. The molecule has 0 amide bonds. The van der Waals surface area contributed by atoms with Gasteiger partial charge in [0.25, 0.3) is 0 Å².